The van der Waals surface area contributed by atoms with E-state index in [1.165, 1.54) is 6.92 Å². The summed E-state index contributed by atoms with van der Waals surface area (Å²) in [5.41, 5.74) is 2.45. The molecule has 1 aliphatic heterocycles. The zero-order valence-electron chi connectivity index (χ0n) is 14.3. The Morgan fingerprint density at radius 2 is 2.30 bits per heavy atom. The molecule has 1 rings (SSSR count). The highest BCUT2D eigenvalue weighted by Crippen LogP contribution is 2.18. The molecule has 0 N–H and O–H groups in total. The number of unbranched alkanes of at least 4 members (excludes halogenated alkanes) is 1. The number of aliphatic imine (C=N–C) groups is 1. The lowest BCUT2D eigenvalue weighted by Gasteiger charge is -2.09. The lowest BCUT2D eigenvalue weighted by Crippen LogP contribution is -2.17. The summed E-state index contributed by atoms with van der Waals surface area (Å²) in [4.78, 5) is 20.7. The molecule has 126 valence electrons. The minimum absolute atomic E-state index is 0.0398. The minimum Gasteiger partial charge on any atom is -0.488 e. The molecule has 1 atom stereocenters. The number of rotatable bonds is 10. The van der Waals surface area contributed by atoms with E-state index in [1.54, 1.807) is 19.2 Å². The average molecular weight is 318 g/mol. The molecule has 0 saturated carbocycles. The molecule has 0 bridgehead atoms. The molecular formula is C18H26N2O3. The number of hydrogen-bond acceptors (Lipinski definition) is 5. The molecule has 1 aliphatic rings. The van der Waals surface area contributed by atoms with Crippen molar-refractivity contribution >= 4 is 17.2 Å². The van der Waals surface area contributed by atoms with Crippen LogP contribution < -0.4 is 0 Å². The van der Waals surface area contributed by atoms with Crippen LogP contribution in [-0.4, -0.2) is 37.0 Å². The highest BCUT2D eigenvalue weighted by atomic mass is 16.6. The van der Waals surface area contributed by atoms with Crippen molar-refractivity contribution in [2.45, 2.75) is 45.6 Å². The van der Waals surface area contributed by atoms with E-state index in [-0.39, 0.29) is 5.78 Å². The number of carbonyl (C=O) groups excluding carboxylic acids is 1. The highest BCUT2D eigenvalue weighted by molar-refractivity contribution is 6.05. The molecule has 0 aliphatic carbocycles. The molecule has 1 unspecified atom stereocenters. The third-order valence-electron chi connectivity index (χ3n) is 3.55. The summed E-state index contributed by atoms with van der Waals surface area (Å²) in [5, 5.41) is 3.95. The van der Waals surface area contributed by atoms with Crippen molar-refractivity contribution in [1.82, 2.24) is 0 Å². The number of oxime groups is 1. The van der Waals surface area contributed by atoms with Crippen LogP contribution in [0, 0.1) is 0 Å². The summed E-state index contributed by atoms with van der Waals surface area (Å²) in [6.45, 7) is 11.7. The van der Waals surface area contributed by atoms with Gasteiger partial charge in [-0.05, 0) is 25.8 Å². The van der Waals surface area contributed by atoms with Gasteiger partial charge in [-0.2, -0.15) is 0 Å². The van der Waals surface area contributed by atoms with E-state index in [0.717, 1.165) is 30.5 Å². The second-order valence-electron chi connectivity index (χ2n) is 5.40. The molecule has 0 aromatic rings. The van der Waals surface area contributed by atoms with Gasteiger partial charge < -0.3 is 9.57 Å². The first-order valence-electron chi connectivity index (χ1n) is 7.85. The molecule has 0 aromatic heterocycles. The second kappa shape index (κ2) is 9.77. The Kier molecular flexibility index (Phi) is 8.02. The predicted octanol–water partition coefficient (Wildman–Crippen LogP) is 3.62. The van der Waals surface area contributed by atoms with Crippen molar-refractivity contribution in [3.8, 4) is 0 Å². The van der Waals surface area contributed by atoms with Crippen LogP contribution in [-0.2, 0) is 14.4 Å². The minimum atomic E-state index is -0.504. The van der Waals surface area contributed by atoms with Crippen molar-refractivity contribution in [3.63, 3.8) is 0 Å². The molecule has 5 nitrogen and oxygen atoms in total. The van der Waals surface area contributed by atoms with Crippen molar-refractivity contribution in [2.75, 3.05) is 13.7 Å². The van der Waals surface area contributed by atoms with Gasteiger partial charge in [0.2, 0.25) is 0 Å². The fraction of sp³-hybridized carbons (Fsp3) is 0.500. The molecule has 0 saturated heterocycles. The molecule has 0 spiro atoms. The Bertz CT molecular complexity index is 544. The van der Waals surface area contributed by atoms with E-state index >= 15 is 0 Å². The quantitative estimate of drug-likeness (QED) is 0.351. The molecular weight excluding hydrogens is 292 g/mol. The van der Waals surface area contributed by atoms with Gasteiger partial charge in [0, 0.05) is 24.8 Å². The maximum Gasteiger partial charge on any atom is 0.190 e. The standard InChI is InChI=1S/C18H26N2O3/c1-6-8-9-16(19-5)12-22-13(3)10-15(7-2)17-11-18(14(4)21)23-20-17/h7,10,18H,2-3,6,8-9,11-12H2,1,4-5H3/b15-10+,19-16?. The second-order valence-corrected chi connectivity index (χ2v) is 5.40. The van der Waals surface area contributed by atoms with E-state index in [1.807, 2.05) is 0 Å². The molecule has 0 fully saturated rings. The number of hydrogen-bond donors (Lipinski definition) is 0. The first-order valence-corrected chi connectivity index (χ1v) is 7.85. The first-order chi connectivity index (χ1) is 11.0. The number of allylic oxidation sites excluding steroid dienone is 3. The fourth-order valence-electron chi connectivity index (χ4n) is 2.05. The van der Waals surface area contributed by atoms with Crippen LogP contribution in [0.25, 0.3) is 0 Å². The van der Waals surface area contributed by atoms with Crippen molar-refractivity contribution < 1.29 is 14.4 Å². The lowest BCUT2D eigenvalue weighted by molar-refractivity contribution is -0.126. The normalized spacial score (nSPS) is 18.2. The van der Waals surface area contributed by atoms with Crippen molar-refractivity contribution in [2.24, 2.45) is 10.1 Å². The Balaban J connectivity index is 2.60. The van der Waals surface area contributed by atoms with E-state index in [9.17, 15) is 4.79 Å². The summed E-state index contributed by atoms with van der Waals surface area (Å²) in [6, 6.07) is 0. The molecule has 0 amide bonds. The van der Waals surface area contributed by atoms with Gasteiger partial charge in [0.05, 0.1) is 5.71 Å². The molecule has 0 aromatic carbocycles. The molecule has 0 radical (unpaired) electrons. The number of ketones is 1. The lowest BCUT2D eigenvalue weighted by atomic mass is 10.0. The van der Waals surface area contributed by atoms with E-state index < -0.39 is 6.10 Å². The van der Waals surface area contributed by atoms with Gasteiger partial charge in [-0.1, -0.05) is 37.7 Å². The van der Waals surface area contributed by atoms with Gasteiger partial charge in [-0.3, -0.25) is 9.79 Å². The van der Waals surface area contributed by atoms with Gasteiger partial charge in [-0.25, -0.2) is 0 Å². The van der Waals surface area contributed by atoms with E-state index in [2.05, 4.69) is 30.2 Å². The van der Waals surface area contributed by atoms with E-state index in [4.69, 9.17) is 9.57 Å². The molecule has 1 heterocycles. The van der Waals surface area contributed by atoms with Gasteiger partial charge in [0.25, 0.3) is 0 Å². The average Bonchev–Trinajstić information content (AvgIpc) is 3.03. The Hall–Kier alpha value is -2.17. The third-order valence-corrected chi connectivity index (χ3v) is 3.55. The molecule has 23 heavy (non-hydrogen) atoms. The van der Waals surface area contributed by atoms with Crippen LogP contribution >= 0.6 is 0 Å². The third kappa shape index (κ3) is 6.22. The van der Waals surface area contributed by atoms with Crippen LogP contribution in [0.15, 0.2) is 46.8 Å². The Morgan fingerprint density at radius 3 is 2.83 bits per heavy atom. The monoisotopic (exact) mass is 318 g/mol. The van der Waals surface area contributed by atoms with Gasteiger partial charge in [-0.15, -0.1) is 0 Å². The van der Waals surface area contributed by atoms with Crippen molar-refractivity contribution in [1.29, 1.82) is 0 Å². The highest BCUT2D eigenvalue weighted by Gasteiger charge is 2.26. The van der Waals surface area contributed by atoms with Crippen LogP contribution in [0.2, 0.25) is 0 Å². The van der Waals surface area contributed by atoms with Gasteiger partial charge in [0.1, 0.15) is 12.4 Å². The largest absolute Gasteiger partial charge is 0.488 e. The fourth-order valence-corrected chi connectivity index (χ4v) is 2.05. The van der Waals surface area contributed by atoms with Crippen molar-refractivity contribution in [3.05, 3.63) is 36.6 Å². The smallest absolute Gasteiger partial charge is 0.190 e. The van der Waals surface area contributed by atoms with Gasteiger partial charge in [0.15, 0.2) is 11.9 Å². The van der Waals surface area contributed by atoms with Crippen LogP contribution in [0.3, 0.4) is 0 Å². The summed E-state index contributed by atoms with van der Waals surface area (Å²) < 4.78 is 5.65. The molecule has 5 heteroatoms. The number of nitrogens with zero attached hydrogens (tertiary/aromatic N) is 2. The summed E-state index contributed by atoms with van der Waals surface area (Å²) >= 11 is 0. The Morgan fingerprint density at radius 1 is 1.57 bits per heavy atom. The maximum absolute atomic E-state index is 11.3. The van der Waals surface area contributed by atoms with Gasteiger partial charge >= 0.3 is 0 Å². The summed E-state index contributed by atoms with van der Waals surface area (Å²) in [5.74, 6) is 0.466. The van der Waals surface area contributed by atoms with Crippen LogP contribution in [0.4, 0.5) is 0 Å². The zero-order valence-corrected chi connectivity index (χ0v) is 14.3. The zero-order chi connectivity index (χ0) is 17.2. The first kappa shape index (κ1) is 18.9. The number of ether oxygens (including phenoxy) is 1. The van der Waals surface area contributed by atoms with Crippen LogP contribution in [0.5, 0.6) is 0 Å². The van der Waals surface area contributed by atoms with Crippen LogP contribution in [0.1, 0.15) is 39.5 Å². The predicted molar refractivity (Wildman–Crippen MR) is 93.9 cm³/mol. The van der Waals surface area contributed by atoms with E-state index in [0.29, 0.717) is 24.5 Å². The topological polar surface area (TPSA) is 60.3 Å². The number of Topliss-reactive ketones (excluding diaryl/α,β-unsaturated/α-hetero) is 1. The summed E-state index contributed by atoms with van der Waals surface area (Å²) in [6.07, 6.45) is 6.50. The summed E-state index contributed by atoms with van der Waals surface area (Å²) in [7, 11) is 1.77. The SMILES string of the molecule is C=C/C(=C\C(=C)OCC(CCCC)=NC)C1=NOC(C(C)=O)C1. The Labute approximate surface area is 138 Å². The number of carbonyl (C=O) groups is 1. The maximum atomic E-state index is 11.3.